The van der Waals surface area contributed by atoms with Crippen LogP contribution in [0.3, 0.4) is 0 Å². The molecule has 2 aromatic heterocycles. The van der Waals surface area contributed by atoms with Gasteiger partial charge in [-0.15, -0.1) is 22.7 Å². The molecule has 1 fully saturated rings. The van der Waals surface area contributed by atoms with Gasteiger partial charge in [-0.3, -0.25) is 9.69 Å². The van der Waals surface area contributed by atoms with Gasteiger partial charge in [-0.05, 0) is 54.3 Å². The molecule has 25 heavy (non-hydrogen) atoms. The maximum absolute atomic E-state index is 11.2. The summed E-state index contributed by atoms with van der Waals surface area (Å²) in [5.74, 6) is -0.760. The van der Waals surface area contributed by atoms with Gasteiger partial charge in [0, 0.05) is 41.5 Å². The molecule has 1 atom stereocenters. The summed E-state index contributed by atoms with van der Waals surface area (Å²) in [6, 6.07) is 3.89. The second-order valence-electron chi connectivity index (χ2n) is 6.42. The molecule has 134 valence electrons. The van der Waals surface area contributed by atoms with E-state index in [0.29, 0.717) is 6.54 Å². The van der Waals surface area contributed by atoms with Crippen molar-refractivity contribution in [3.63, 3.8) is 0 Å². The van der Waals surface area contributed by atoms with Crippen LogP contribution in [0, 0.1) is 13.8 Å². The Morgan fingerprint density at radius 1 is 1.28 bits per heavy atom. The molecule has 1 aliphatic heterocycles. The van der Waals surface area contributed by atoms with Gasteiger partial charge in [0.1, 0.15) is 6.04 Å². The number of rotatable bonds is 6. The van der Waals surface area contributed by atoms with Gasteiger partial charge in [-0.25, -0.2) is 0 Å². The van der Waals surface area contributed by atoms with E-state index in [2.05, 4.69) is 53.0 Å². The zero-order valence-corrected chi connectivity index (χ0v) is 16.3. The van der Waals surface area contributed by atoms with Crippen LogP contribution >= 0.6 is 22.7 Å². The van der Waals surface area contributed by atoms with E-state index in [1.165, 1.54) is 26.5 Å². The molecule has 0 radical (unpaired) electrons. The first kappa shape index (κ1) is 18.3. The zero-order valence-electron chi connectivity index (χ0n) is 14.6. The molecule has 0 aliphatic carbocycles. The Bertz CT molecular complexity index is 721. The van der Waals surface area contributed by atoms with E-state index >= 15 is 0 Å². The van der Waals surface area contributed by atoms with Crippen molar-refractivity contribution in [3.8, 4) is 0 Å². The zero-order chi connectivity index (χ0) is 17.8. The van der Waals surface area contributed by atoms with E-state index in [9.17, 15) is 9.90 Å². The molecule has 1 unspecified atom stereocenters. The molecule has 0 aromatic carbocycles. The smallest absolute Gasteiger partial charge is 0.322 e. The molecular weight excluding hydrogens is 352 g/mol. The fourth-order valence-electron chi connectivity index (χ4n) is 3.16. The van der Waals surface area contributed by atoms with Crippen molar-refractivity contribution in [3.05, 3.63) is 49.9 Å². The van der Waals surface area contributed by atoms with Crippen molar-refractivity contribution >= 4 is 34.2 Å². The van der Waals surface area contributed by atoms with Crippen LogP contribution in [0.4, 0.5) is 0 Å². The van der Waals surface area contributed by atoms with Gasteiger partial charge < -0.3 is 10.4 Å². The van der Waals surface area contributed by atoms with Crippen LogP contribution in [0.25, 0.3) is 5.57 Å². The highest BCUT2D eigenvalue weighted by Crippen LogP contribution is 2.35. The molecule has 2 aromatic rings. The van der Waals surface area contributed by atoms with E-state index in [4.69, 9.17) is 0 Å². The number of carboxylic acids is 1. The van der Waals surface area contributed by atoms with Crippen LogP contribution in [0.5, 0.6) is 0 Å². The minimum absolute atomic E-state index is 0.448. The first-order valence-corrected chi connectivity index (χ1v) is 10.3. The third-order valence-corrected chi connectivity index (χ3v) is 6.66. The summed E-state index contributed by atoms with van der Waals surface area (Å²) in [7, 11) is 0. The minimum Gasteiger partial charge on any atom is -0.480 e. The fourth-order valence-corrected chi connectivity index (χ4v) is 5.17. The molecule has 0 saturated carbocycles. The fraction of sp³-hybridized carbons (Fsp3) is 0.421. The van der Waals surface area contributed by atoms with Crippen LogP contribution < -0.4 is 5.32 Å². The van der Waals surface area contributed by atoms with Crippen LogP contribution in [0.15, 0.2) is 29.0 Å². The van der Waals surface area contributed by atoms with Gasteiger partial charge in [-0.1, -0.05) is 6.08 Å². The topological polar surface area (TPSA) is 52.6 Å². The van der Waals surface area contributed by atoms with Crippen LogP contribution in [-0.4, -0.2) is 48.2 Å². The minimum atomic E-state index is -0.760. The van der Waals surface area contributed by atoms with Crippen molar-refractivity contribution in [2.45, 2.75) is 26.3 Å². The normalized spacial score (nSPS) is 18.2. The van der Waals surface area contributed by atoms with Crippen molar-refractivity contribution in [2.24, 2.45) is 0 Å². The summed E-state index contributed by atoms with van der Waals surface area (Å²) in [4.78, 5) is 16.1. The number of thiophene rings is 2. The number of aliphatic carboxylic acids is 1. The van der Waals surface area contributed by atoms with Gasteiger partial charge in [-0.2, -0.15) is 0 Å². The summed E-state index contributed by atoms with van der Waals surface area (Å²) >= 11 is 3.58. The molecular formula is C19H24N2O2S2. The Labute approximate surface area is 156 Å². The average Bonchev–Trinajstić information content (AvgIpc) is 3.21. The van der Waals surface area contributed by atoms with Gasteiger partial charge in [0.05, 0.1) is 0 Å². The molecule has 0 spiro atoms. The lowest BCUT2D eigenvalue weighted by molar-refractivity contribution is -0.140. The molecule has 4 nitrogen and oxygen atoms in total. The Morgan fingerprint density at radius 3 is 2.44 bits per heavy atom. The highest BCUT2D eigenvalue weighted by molar-refractivity contribution is 7.14. The van der Waals surface area contributed by atoms with E-state index in [0.717, 1.165) is 26.1 Å². The molecule has 1 aliphatic rings. The van der Waals surface area contributed by atoms with E-state index < -0.39 is 12.0 Å². The number of piperazine rings is 1. The molecule has 3 rings (SSSR count). The summed E-state index contributed by atoms with van der Waals surface area (Å²) in [5, 5.41) is 16.5. The summed E-state index contributed by atoms with van der Waals surface area (Å²) in [5.41, 5.74) is 3.96. The van der Waals surface area contributed by atoms with Crippen molar-refractivity contribution in [1.82, 2.24) is 10.2 Å². The first-order valence-electron chi connectivity index (χ1n) is 8.54. The predicted molar refractivity (Wildman–Crippen MR) is 106 cm³/mol. The first-order chi connectivity index (χ1) is 12.1. The predicted octanol–water partition coefficient (Wildman–Crippen LogP) is 3.61. The standard InChI is InChI=1S/C19H24N2O2S2/c1-13-5-10-24-17(13)15(18-14(2)6-11-25-18)4-3-8-21-9-7-20-16(12-21)19(22)23/h4-6,10-11,16,20H,3,7-9,12H2,1-2H3,(H,22,23). The van der Waals surface area contributed by atoms with Gasteiger partial charge in [0.2, 0.25) is 0 Å². The highest BCUT2D eigenvalue weighted by Gasteiger charge is 2.24. The van der Waals surface area contributed by atoms with Crippen LogP contribution in [0.1, 0.15) is 27.3 Å². The summed E-state index contributed by atoms with van der Waals surface area (Å²) < 4.78 is 0. The number of hydrogen-bond donors (Lipinski definition) is 2. The van der Waals surface area contributed by atoms with Crippen molar-refractivity contribution in [1.29, 1.82) is 0 Å². The van der Waals surface area contributed by atoms with E-state index in [1.54, 1.807) is 22.7 Å². The molecule has 0 bridgehead atoms. The van der Waals surface area contributed by atoms with Crippen LogP contribution in [-0.2, 0) is 4.79 Å². The lowest BCUT2D eigenvalue weighted by Gasteiger charge is -2.31. The third-order valence-electron chi connectivity index (χ3n) is 4.56. The molecule has 1 saturated heterocycles. The van der Waals surface area contributed by atoms with E-state index in [-0.39, 0.29) is 0 Å². The average molecular weight is 377 g/mol. The maximum Gasteiger partial charge on any atom is 0.322 e. The lowest BCUT2D eigenvalue weighted by Crippen LogP contribution is -2.54. The van der Waals surface area contributed by atoms with E-state index in [1.807, 2.05) is 0 Å². The number of carboxylic acid groups (broad SMARTS) is 1. The highest BCUT2D eigenvalue weighted by atomic mass is 32.1. The quantitative estimate of drug-likeness (QED) is 0.809. The van der Waals surface area contributed by atoms with Gasteiger partial charge in [0.15, 0.2) is 0 Å². The molecule has 2 N–H and O–H groups in total. The second kappa shape index (κ2) is 8.27. The Hall–Kier alpha value is -1.47. The number of aryl methyl sites for hydroxylation is 2. The Balaban J connectivity index is 1.73. The SMILES string of the molecule is Cc1ccsc1C(=CCCN1CCNC(C(=O)O)C1)c1sccc1C. The number of nitrogens with one attached hydrogen (secondary N) is 1. The summed E-state index contributed by atoms with van der Waals surface area (Å²) in [6.07, 6.45) is 3.26. The van der Waals surface area contributed by atoms with Crippen molar-refractivity contribution < 1.29 is 9.90 Å². The third kappa shape index (κ3) is 4.39. The lowest BCUT2D eigenvalue weighted by atomic mass is 10.1. The van der Waals surface area contributed by atoms with Crippen molar-refractivity contribution in [2.75, 3.05) is 26.2 Å². The number of hydrogen-bond acceptors (Lipinski definition) is 5. The van der Waals surface area contributed by atoms with Gasteiger partial charge in [0.25, 0.3) is 0 Å². The molecule has 3 heterocycles. The summed E-state index contributed by atoms with van der Waals surface area (Å²) in [6.45, 7) is 7.44. The van der Waals surface area contributed by atoms with Gasteiger partial charge >= 0.3 is 5.97 Å². The maximum atomic E-state index is 11.2. The molecule has 0 amide bonds. The molecule has 6 heteroatoms. The Morgan fingerprint density at radius 2 is 1.92 bits per heavy atom. The monoisotopic (exact) mass is 376 g/mol. The number of carbonyl (C=O) groups is 1. The largest absolute Gasteiger partial charge is 0.480 e. The number of nitrogens with zero attached hydrogens (tertiary/aromatic N) is 1. The second-order valence-corrected chi connectivity index (χ2v) is 8.25. The van der Waals surface area contributed by atoms with Crippen LogP contribution in [0.2, 0.25) is 0 Å². The Kier molecular flexibility index (Phi) is 6.06.